The first-order valence-corrected chi connectivity index (χ1v) is 11.5. The summed E-state index contributed by atoms with van der Waals surface area (Å²) in [5.41, 5.74) is 4.15. The maximum Gasteiger partial charge on any atom is 0.228 e. The number of carbonyl (C=O) groups excluding carboxylic acids is 1. The van der Waals surface area contributed by atoms with Crippen LogP contribution in [0.3, 0.4) is 0 Å². The van der Waals surface area contributed by atoms with Gasteiger partial charge in [0.2, 0.25) is 5.91 Å². The highest BCUT2D eigenvalue weighted by molar-refractivity contribution is 7.16. The number of benzene rings is 2. The van der Waals surface area contributed by atoms with Crippen molar-refractivity contribution in [3.63, 3.8) is 0 Å². The number of carbonyl (C=O) groups is 1. The average Bonchev–Trinajstić information content (AvgIpc) is 2.93. The van der Waals surface area contributed by atoms with Crippen molar-refractivity contribution in [1.29, 1.82) is 5.26 Å². The third kappa shape index (κ3) is 4.80. The third-order valence-corrected chi connectivity index (χ3v) is 7.00. The maximum atomic E-state index is 13.4. The Hall–Kier alpha value is -2.90. The van der Waals surface area contributed by atoms with Gasteiger partial charge in [-0.15, -0.1) is 11.3 Å². The lowest BCUT2D eigenvalue weighted by Crippen LogP contribution is -2.26. The second-order valence-corrected chi connectivity index (χ2v) is 9.05. The number of amides is 1. The van der Waals surface area contributed by atoms with Crippen molar-refractivity contribution in [3.8, 4) is 6.07 Å². The van der Waals surface area contributed by atoms with Gasteiger partial charge in [-0.1, -0.05) is 67.1 Å². The monoisotopic (exact) mass is 414 g/mol. The molecule has 1 aromatic heterocycles. The number of rotatable bonds is 6. The number of aryl methyl sites for hydroxylation is 1. The summed E-state index contributed by atoms with van der Waals surface area (Å²) in [6.07, 6.45) is 6.81. The van der Waals surface area contributed by atoms with Crippen molar-refractivity contribution in [1.82, 2.24) is 0 Å². The van der Waals surface area contributed by atoms with E-state index < -0.39 is 0 Å². The summed E-state index contributed by atoms with van der Waals surface area (Å²) < 4.78 is 0. The molecule has 0 saturated heterocycles. The molecular weight excluding hydrogens is 388 g/mol. The average molecular weight is 415 g/mol. The zero-order valence-corrected chi connectivity index (χ0v) is 17.9. The Morgan fingerprint density at radius 1 is 0.933 bits per heavy atom. The molecule has 3 nitrogen and oxygen atoms in total. The summed E-state index contributed by atoms with van der Waals surface area (Å²) >= 11 is 1.60. The summed E-state index contributed by atoms with van der Waals surface area (Å²) in [6.45, 7) is 0. The van der Waals surface area contributed by atoms with Crippen molar-refractivity contribution >= 4 is 22.2 Å². The van der Waals surface area contributed by atoms with Crippen molar-refractivity contribution in [2.24, 2.45) is 5.92 Å². The Kier molecular flexibility index (Phi) is 6.61. The third-order valence-electron chi connectivity index (χ3n) is 5.79. The lowest BCUT2D eigenvalue weighted by Gasteiger charge is -2.17. The minimum atomic E-state index is -0.191. The first-order chi connectivity index (χ1) is 14.7. The van der Waals surface area contributed by atoms with E-state index in [2.05, 4.69) is 35.7 Å². The van der Waals surface area contributed by atoms with Gasteiger partial charge in [-0.05, 0) is 55.2 Å². The number of nitrogens with zero attached hydrogens (tertiary/aromatic N) is 1. The molecule has 0 unspecified atom stereocenters. The van der Waals surface area contributed by atoms with E-state index in [1.807, 2.05) is 36.4 Å². The summed E-state index contributed by atoms with van der Waals surface area (Å²) in [4.78, 5) is 14.6. The Morgan fingerprint density at radius 2 is 1.53 bits per heavy atom. The Morgan fingerprint density at radius 3 is 2.13 bits per heavy atom. The van der Waals surface area contributed by atoms with Gasteiger partial charge in [0.15, 0.2) is 0 Å². The first kappa shape index (κ1) is 20.4. The predicted molar refractivity (Wildman–Crippen MR) is 123 cm³/mol. The van der Waals surface area contributed by atoms with Crippen LogP contribution in [0, 0.1) is 17.2 Å². The van der Waals surface area contributed by atoms with E-state index >= 15 is 0 Å². The molecule has 4 heteroatoms. The van der Waals surface area contributed by atoms with Gasteiger partial charge in [0.1, 0.15) is 11.1 Å². The molecule has 0 fully saturated rings. The molecule has 30 heavy (non-hydrogen) atoms. The number of hydrogen-bond donors (Lipinski definition) is 1. The molecule has 1 aliphatic carbocycles. The van der Waals surface area contributed by atoms with Gasteiger partial charge in [-0.25, -0.2) is 0 Å². The number of thiophene rings is 1. The lowest BCUT2D eigenvalue weighted by atomic mass is 9.91. The zero-order valence-electron chi connectivity index (χ0n) is 17.1. The fourth-order valence-electron chi connectivity index (χ4n) is 4.22. The zero-order chi connectivity index (χ0) is 20.8. The molecule has 2 aromatic carbocycles. The second kappa shape index (κ2) is 9.73. The van der Waals surface area contributed by atoms with Gasteiger partial charge in [0.05, 0.1) is 5.56 Å². The molecule has 1 N–H and O–H groups in total. The number of nitrogens with one attached hydrogen (secondary N) is 1. The van der Waals surface area contributed by atoms with E-state index in [1.165, 1.54) is 11.3 Å². The molecule has 4 rings (SSSR count). The number of anilines is 1. The van der Waals surface area contributed by atoms with Gasteiger partial charge in [-0.2, -0.15) is 5.26 Å². The number of hydrogen-bond acceptors (Lipinski definition) is 3. The van der Waals surface area contributed by atoms with Crippen LogP contribution in [0.2, 0.25) is 0 Å². The summed E-state index contributed by atoms with van der Waals surface area (Å²) in [5, 5.41) is 13.7. The van der Waals surface area contributed by atoms with E-state index in [0.29, 0.717) is 18.4 Å². The van der Waals surface area contributed by atoms with Crippen molar-refractivity contribution in [2.45, 2.75) is 44.9 Å². The molecule has 0 bridgehead atoms. The van der Waals surface area contributed by atoms with E-state index in [0.717, 1.165) is 47.4 Å². The normalized spacial score (nSPS) is 13.3. The SMILES string of the molecule is N#Cc1c(NC(=O)C(Cc2ccccc2)Cc2ccccc2)sc2c1CCCCC2. The van der Waals surface area contributed by atoms with E-state index in [4.69, 9.17) is 0 Å². The molecular formula is C26H26N2OS. The molecule has 1 heterocycles. The van der Waals surface area contributed by atoms with Crippen LogP contribution in [0.5, 0.6) is 0 Å². The van der Waals surface area contributed by atoms with Crippen LogP contribution in [0.15, 0.2) is 60.7 Å². The van der Waals surface area contributed by atoms with Gasteiger partial charge in [0.25, 0.3) is 0 Å². The van der Waals surface area contributed by atoms with Crippen LogP contribution in [0.1, 0.15) is 46.4 Å². The maximum absolute atomic E-state index is 13.4. The molecule has 0 saturated carbocycles. The van der Waals surface area contributed by atoms with Gasteiger partial charge in [-0.3, -0.25) is 4.79 Å². The van der Waals surface area contributed by atoms with Gasteiger partial charge >= 0.3 is 0 Å². The van der Waals surface area contributed by atoms with E-state index in [-0.39, 0.29) is 11.8 Å². The molecule has 152 valence electrons. The Labute approximate surface area is 182 Å². The van der Waals surface area contributed by atoms with E-state index in [9.17, 15) is 10.1 Å². The number of fused-ring (bicyclic) bond motifs is 1. The molecule has 0 spiro atoms. The van der Waals surface area contributed by atoms with Crippen LogP contribution in [-0.4, -0.2) is 5.91 Å². The molecule has 3 aromatic rings. The highest BCUT2D eigenvalue weighted by atomic mass is 32.1. The molecule has 0 aliphatic heterocycles. The van der Waals surface area contributed by atoms with Crippen LogP contribution in [0.4, 0.5) is 5.00 Å². The van der Waals surface area contributed by atoms with Crippen LogP contribution in [-0.2, 0) is 30.5 Å². The molecule has 0 atom stereocenters. The van der Waals surface area contributed by atoms with Crippen LogP contribution < -0.4 is 5.32 Å². The van der Waals surface area contributed by atoms with Crippen LogP contribution in [0.25, 0.3) is 0 Å². The highest BCUT2D eigenvalue weighted by Gasteiger charge is 2.25. The summed E-state index contributed by atoms with van der Waals surface area (Å²) in [7, 11) is 0. The minimum Gasteiger partial charge on any atom is -0.316 e. The topological polar surface area (TPSA) is 52.9 Å². The second-order valence-electron chi connectivity index (χ2n) is 7.95. The fraction of sp³-hybridized carbons (Fsp3) is 0.308. The van der Waals surface area contributed by atoms with E-state index in [1.54, 1.807) is 11.3 Å². The quantitative estimate of drug-likeness (QED) is 0.508. The Balaban J connectivity index is 1.58. The first-order valence-electron chi connectivity index (χ1n) is 10.7. The lowest BCUT2D eigenvalue weighted by molar-refractivity contribution is -0.119. The molecule has 1 amide bonds. The van der Waals surface area contributed by atoms with Crippen molar-refractivity contribution < 1.29 is 4.79 Å². The van der Waals surface area contributed by atoms with Gasteiger partial charge < -0.3 is 5.32 Å². The predicted octanol–water partition coefficient (Wildman–Crippen LogP) is 5.93. The highest BCUT2D eigenvalue weighted by Crippen LogP contribution is 2.37. The standard InChI is InChI=1S/C26H26N2OS/c27-18-23-22-14-8-3-9-15-24(22)30-26(23)28-25(29)21(16-19-10-4-1-5-11-19)17-20-12-6-2-7-13-20/h1-2,4-7,10-13,21H,3,8-9,14-17H2,(H,28,29). The minimum absolute atomic E-state index is 0.00406. The molecule has 0 radical (unpaired) electrons. The largest absolute Gasteiger partial charge is 0.316 e. The van der Waals surface area contributed by atoms with Crippen molar-refractivity contribution in [3.05, 3.63) is 87.8 Å². The Bertz CT molecular complexity index is 993. The van der Waals surface area contributed by atoms with Crippen molar-refractivity contribution in [2.75, 3.05) is 5.32 Å². The summed E-state index contributed by atoms with van der Waals surface area (Å²) in [6, 6.07) is 22.7. The number of nitriles is 1. The van der Waals surface area contributed by atoms with Crippen LogP contribution >= 0.6 is 11.3 Å². The fourth-order valence-corrected chi connectivity index (χ4v) is 5.46. The molecule has 1 aliphatic rings. The smallest absolute Gasteiger partial charge is 0.228 e. The summed E-state index contributed by atoms with van der Waals surface area (Å²) in [5.74, 6) is -0.195. The van der Waals surface area contributed by atoms with Gasteiger partial charge in [0, 0.05) is 10.8 Å².